The van der Waals surface area contributed by atoms with Crippen molar-refractivity contribution in [3.63, 3.8) is 0 Å². The first-order chi connectivity index (χ1) is 9.20. The Morgan fingerprint density at radius 1 is 0.947 bits per heavy atom. The molecule has 0 saturated carbocycles. The maximum Gasteiger partial charge on any atom is 0.504 e. The van der Waals surface area contributed by atoms with Crippen molar-refractivity contribution in [2.75, 3.05) is 26.4 Å². The van der Waals surface area contributed by atoms with Crippen LogP contribution in [0, 0.1) is 0 Å². The van der Waals surface area contributed by atoms with Crippen LogP contribution in [0.15, 0.2) is 4.99 Å². The molecule has 0 aliphatic rings. The lowest BCUT2D eigenvalue weighted by Gasteiger charge is -2.35. The average molecular weight is 289 g/mol. The first-order valence-electron chi connectivity index (χ1n) is 7.56. The molecule has 0 radical (unpaired) electrons. The molecule has 0 fully saturated rings. The molecule has 114 valence electrons. The number of nitrogens with zero attached hydrogens (tertiary/aromatic N) is 1. The fraction of sp³-hybridized carbons (Fsp3) is 0.929. The van der Waals surface area contributed by atoms with Crippen molar-refractivity contribution < 1.29 is 13.3 Å². The highest BCUT2D eigenvalue weighted by molar-refractivity contribution is 6.62. The molecule has 0 aliphatic carbocycles. The van der Waals surface area contributed by atoms with E-state index in [0.717, 1.165) is 25.8 Å². The van der Waals surface area contributed by atoms with Crippen LogP contribution in [-0.4, -0.2) is 41.4 Å². The fourth-order valence-electron chi connectivity index (χ4n) is 2.29. The van der Waals surface area contributed by atoms with Gasteiger partial charge in [-0.05, 0) is 46.8 Å². The lowest BCUT2D eigenvalue weighted by atomic mass is 10.2. The molecule has 0 amide bonds. The highest BCUT2D eigenvalue weighted by atomic mass is 28.4. The van der Waals surface area contributed by atoms with Gasteiger partial charge in [-0.2, -0.15) is 0 Å². The van der Waals surface area contributed by atoms with Gasteiger partial charge in [-0.25, -0.2) is 0 Å². The van der Waals surface area contributed by atoms with E-state index in [2.05, 4.69) is 11.9 Å². The molecule has 5 heteroatoms. The highest BCUT2D eigenvalue weighted by Crippen LogP contribution is 2.33. The molecule has 0 spiro atoms. The van der Waals surface area contributed by atoms with Gasteiger partial charge in [0, 0.05) is 31.9 Å². The molecule has 0 bridgehead atoms. The summed E-state index contributed by atoms with van der Waals surface area (Å²) in [5.41, 5.74) is 0.348. The van der Waals surface area contributed by atoms with E-state index in [-0.39, 0.29) is 0 Å². The SMILES string of the molecule is C/C=N/CCC(CCC)[Si](OCC)(OCC)OCC. The molecule has 0 N–H and O–H groups in total. The van der Waals surface area contributed by atoms with Crippen LogP contribution in [0.4, 0.5) is 0 Å². The van der Waals surface area contributed by atoms with Crippen molar-refractivity contribution in [2.24, 2.45) is 4.99 Å². The van der Waals surface area contributed by atoms with E-state index in [9.17, 15) is 0 Å². The molecule has 0 aromatic heterocycles. The van der Waals surface area contributed by atoms with Crippen molar-refractivity contribution in [3.05, 3.63) is 0 Å². The molecule has 1 atom stereocenters. The largest absolute Gasteiger partial charge is 0.504 e. The summed E-state index contributed by atoms with van der Waals surface area (Å²) in [5, 5.41) is 0. The smallest absolute Gasteiger partial charge is 0.374 e. The zero-order valence-electron chi connectivity index (χ0n) is 13.3. The van der Waals surface area contributed by atoms with Gasteiger partial charge in [-0.1, -0.05) is 13.3 Å². The summed E-state index contributed by atoms with van der Waals surface area (Å²) in [4.78, 5) is 4.32. The minimum atomic E-state index is -2.57. The second-order valence-electron chi connectivity index (χ2n) is 4.34. The van der Waals surface area contributed by atoms with Gasteiger partial charge in [-0.15, -0.1) is 0 Å². The maximum absolute atomic E-state index is 6.00. The van der Waals surface area contributed by atoms with Gasteiger partial charge in [-0.3, -0.25) is 4.99 Å². The predicted octanol–water partition coefficient (Wildman–Crippen LogP) is 3.69. The molecule has 0 aliphatic heterocycles. The third-order valence-corrected chi connectivity index (χ3v) is 6.61. The normalized spacial score (nSPS) is 14.2. The summed E-state index contributed by atoms with van der Waals surface area (Å²) in [5.74, 6) is 0. The summed E-state index contributed by atoms with van der Waals surface area (Å²) < 4.78 is 18.0. The Balaban J connectivity index is 4.94. The third-order valence-electron chi connectivity index (χ3n) is 2.96. The van der Waals surface area contributed by atoms with Gasteiger partial charge in [0.05, 0.1) is 0 Å². The van der Waals surface area contributed by atoms with Gasteiger partial charge in [0.15, 0.2) is 0 Å². The van der Waals surface area contributed by atoms with E-state index in [1.54, 1.807) is 0 Å². The second kappa shape index (κ2) is 11.6. The van der Waals surface area contributed by atoms with Gasteiger partial charge in [0.25, 0.3) is 0 Å². The average Bonchev–Trinajstić information content (AvgIpc) is 2.39. The molecule has 0 heterocycles. The monoisotopic (exact) mass is 289 g/mol. The van der Waals surface area contributed by atoms with E-state index in [1.165, 1.54) is 0 Å². The Kier molecular flexibility index (Phi) is 11.4. The van der Waals surface area contributed by atoms with Crippen molar-refractivity contribution in [1.29, 1.82) is 0 Å². The number of aliphatic imine (C=N–C) groups is 1. The minimum Gasteiger partial charge on any atom is -0.374 e. The van der Waals surface area contributed by atoms with Crippen LogP contribution in [0.25, 0.3) is 0 Å². The zero-order chi connectivity index (χ0) is 14.6. The van der Waals surface area contributed by atoms with Gasteiger partial charge < -0.3 is 13.3 Å². The van der Waals surface area contributed by atoms with E-state index in [1.807, 2.05) is 33.9 Å². The van der Waals surface area contributed by atoms with Crippen LogP contribution in [0.2, 0.25) is 5.54 Å². The first-order valence-corrected chi connectivity index (χ1v) is 9.37. The van der Waals surface area contributed by atoms with Crippen LogP contribution in [0.1, 0.15) is 53.9 Å². The van der Waals surface area contributed by atoms with Crippen LogP contribution in [-0.2, 0) is 13.3 Å². The molecular formula is C14H31NO3Si. The summed E-state index contributed by atoms with van der Waals surface area (Å²) >= 11 is 0. The van der Waals surface area contributed by atoms with E-state index in [4.69, 9.17) is 13.3 Å². The van der Waals surface area contributed by atoms with Gasteiger partial charge >= 0.3 is 8.80 Å². The second-order valence-corrected chi connectivity index (χ2v) is 7.23. The summed E-state index contributed by atoms with van der Waals surface area (Å²) in [6, 6.07) is 0. The molecule has 0 aromatic rings. The summed E-state index contributed by atoms with van der Waals surface area (Å²) in [7, 11) is -2.57. The first kappa shape index (κ1) is 18.8. The fourth-order valence-corrected chi connectivity index (χ4v) is 5.58. The lowest BCUT2D eigenvalue weighted by molar-refractivity contribution is 0.0588. The van der Waals surface area contributed by atoms with Crippen molar-refractivity contribution in [2.45, 2.75) is 59.4 Å². The Morgan fingerprint density at radius 2 is 1.47 bits per heavy atom. The third kappa shape index (κ3) is 6.65. The molecule has 19 heavy (non-hydrogen) atoms. The number of hydrogen-bond acceptors (Lipinski definition) is 4. The summed E-state index contributed by atoms with van der Waals surface area (Å²) in [6.45, 7) is 12.9. The van der Waals surface area contributed by atoms with Crippen molar-refractivity contribution in [3.8, 4) is 0 Å². The van der Waals surface area contributed by atoms with Gasteiger partial charge in [0.1, 0.15) is 0 Å². The molecule has 0 saturated heterocycles. The maximum atomic E-state index is 6.00. The quantitative estimate of drug-likeness (QED) is 0.406. The van der Waals surface area contributed by atoms with Crippen LogP contribution >= 0.6 is 0 Å². The van der Waals surface area contributed by atoms with Crippen LogP contribution < -0.4 is 0 Å². The van der Waals surface area contributed by atoms with E-state index < -0.39 is 8.80 Å². The lowest BCUT2D eigenvalue weighted by Crippen LogP contribution is -2.50. The predicted molar refractivity (Wildman–Crippen MR) is 82.9 cm³/mol. The molecule has 0 rings (SSSR count). The van der Waals surface area contributed by atoms with E-state index in [0.29, 0.717) is 25.4 Å². The van der Waals surface area contributed by atoms with E-state index >= 15 is 0 Å². The van der Waals surface area contributed by atoms with Crippen LogP contribution in [0.5, 0.6) is 0 Å². The molecule has 4 nitrogen and oxygen atoms in total. The Labute approximate surface area is 119 Å². The Hall–Kier alpha value is -0.233. The number of hydrogen-bond donors (Lipinski definition) is 0. The topological polar surface area (TPSA) is 40.0 Å². The number of rotatable bonds is 12. The van der Waals surface area contributed by atoms with Gasteiger partial charge in [0.2, 0.25) is 0 Å². The molecular weight excluding hydrogens is 258 g/mol. The van der Waals surface area contributed by atoms with Crippen molar-refractivity contribution in [1.82, 2.24) is 0 Å². The highest BCUT2D eigenvalue weighted by Gasteiger charge is 2.48. The van der Waals surface area contributed by atoms with Crippen molar-refractivity contribution >= 4 is 15.0 Å². The minimum absolute atomic E-state index is 0.348. The Bertz CT molecular complexity index is 220. The Morgan fingerprint density at radius 3 is 1.84 bits per heavy atom. The molecule has 0 aromatic carbocycles. The standard InChI is InChI=1S/C14H31NO3Si/c1-6-11-14(12-13-15-7-2)19(16-8-3,17-9-4)18-10-5/h7,14H,6,8-13H2,1-5H3/b15-7+. The molecule has 1 unspecified atom stereocenters. The van der Waals surface area contributed by atoms with Crippen LogP contribution in [0.3, 0.4) is 0 Å². The summed E-state index contributed by atoms with van der Waals surface area (Å²) in [6.07, 6.45) is 5.02. The zero-order valence-corrected chi connectivity index (χ0v) is 14.3.